The van der Waals surface area contributed by atoms with Crippen molar-refractivity contribution in [1.29, 1.82) is 0 Å². The number of carboxylic acids is 1. The molecule has 0 aliphatic carbocycles. The molecule has 5 nitrogen and oxygen atoms in total. The summed E-state index contributed by atoms with van der Waals surface area (Å²) in [7, 11) is 0. The predicted octanol–water partition coefficient (Wildman–Crippen LogP) is 1.79. The molecule has 1 saturated heterocycles. The summed E-state index contributed by atoms with van der Waals surface area (Å²) in [6.07, 6.45) is 0.924. The third-order valence-electron chi connectivity index (χ3n) is 3.41. The lowest BCUT2D eigenvalue weighted by Gasteiger charge is -2.27. The molecule has 1 aromatic rings. The molecule has 3 N–H and O–H groups in total. The van der Waals surface area contributed by atoms with Crippen molar-refractivity contribution in [3.05, 3.63) is 35.9 Å². The Balaban J connectivity index is 2.09. The van der Waals surface area contributed by atoms with Crippen molar-refractivity contribution in [2.45, 2.75) is 24.9 Å². The zero-order valence-corrected chi connectivity index (χ0v) is 12.1. The zero-order chi connectivity index (χ0) is 14.6. The van der Waals surface area contributed by atoms with Gasteiger partial charge in [0.1, 0.15) is 0 Å². The number of benzene rings is 1. The quantitative estimate of drug-likeness (QED) is 0.791. The second-order valence-corrected chi connectivity index (χ2v) is 6.10. The molecule has 2 atom stereocenters. The van der Waals surface area contributed by atoms with Crippen molar-refractivity contribution in [1.82, 2.24) is 10.6 Å². The Labute approximate surface area is 122 Å². The number of carboxylic acid groups (broad SMARTS) is 1. The molecule has 108 valence electrons. The number of hydrogen-bond acceptors (Lipinski definition) is 3. The summed E-state index contributed by atoms with van der Waals surface area (Å²) in [4.78, 5) is 23.5. The van der Waals surface area contributed by atoms with Crippen LogP contribution in [-0.2, 0) is 10.3 Å². The van der Waals surface area contributed by atoms with Crippen LogP contribution in [0.1, 0.15) is 18.9 Å². The molecule has 0 saturated carbocycles. The van der Waals surface area contributed by atoms with Gasteiger partial charge in [-0.1, -0.05) is 30.3 Å². The third kappa shape index (κ3) is 3.25. The van der Waals surface area contributed by atoms with Crippen molar-refractivity contribution < 1.29 is 14.7 Å². The summed E-state index contributed by atoms with van der Waals surface area (Å²) in [5.74, 6) is 0.821. The Hall–Kier alpha value is -1.69. The largest absolute Gasteiger partial charge is 0.479 e. The van der Waals surface area contributed by atoms with E-state index in [1.807, 2.05) is 6.07 Å². The molecule has 1 heterocycles. The number of carbonyl (C=O) groups is 2. The van der Waals surface area contributed by atoms with Crippen LogP contribution in [0.3, 0.4) is 0 Å². The Bertz CT molecular complexity index is 488. The standard InChI is InChI=1S/C14H18N2O3S/c1-14(12(17)18,10-5-3-2-4-6-10)16-13(19)15-11-7-8-20-9-11/h2-6,11H,7-9H2,1H3,(H,17,18)(H2,15,16,19). The maximum absolute atomic E-state index is 12.0. The lowest BCUT2D eigenvalue weighted by Crippen LogP contribution is -2.54. The molecule has 0 aromatic heterocycles. The van der Waals surface area contributed by atoms with Gasteiger partial charge in [-0.15, -0.1) is 0 Å². The Morgan fingerprint density at radius 2 is 2.05 bits per heavy atom. The van der Waals surface area contributed by atoms with Gasteiger partial charge in [-0.25, -0.2) is 9.59 Å². The van der Waals surface area contributed by atoms with Crippen molar-refractivity contribution in [2.24, 2.45) is 0 Å². The van der Waals surface area contributed by atoms with Crippen LogP contribution in [0, 0.1) is 0 Å². The Morgan fingerprint density at radius 3 is 2.60 bits per heavy atom. The first kappa shape index (κ1) is 14.7. The summed E-state index contributed by atoms with van der Waals surface area (Å²) in [6.45, 7) is 1.49. The molecular weight excluding hydrogens is 276 g/mol. The van der Waals surface area contributed by atoms with Gasteiger partial charge in [0.25, 0.3) is 0 Å². The van der Waals surface area contributed by atoms with Gasteiger partial charge in [-0.2, -0.15) is 11.8 Å². The fourth-order valence-corrected chi connectivity index (χ4v) is 3.27. The van der Waals surface area contributed by atoms with Crippen molar-refractivity contribution in [3.63, 3.8) is 0 Å². The van der Waals surface area contributed by atoms with E-state index in [9.17, 15) is 14.7 Å². The SMILES string of the molecule is CC(NC(=O)NC1CCSC1)(C(=O)O)c1ccccc1. The van der Waals surface area contributed by atoms with E-state index >= 15 is 0 Å². The van der Waals surface area contributed by atoms with E-state index in [4.69, 9.17) is 0 Å². The highest BCUT2D eigenvalue weighted by Gasteiger charge is 2.37. The number of thioether (sulfide) groups is 1. The molecule has 1 aliphatic rings. The molecule has 20 heavy (non-hydrogen) atoms. The lowest BCUT2D eigenvalue weighted by molar-refractivity contribution is -0.144. The predicted molar refractivity (Wildman–Crippen MR) is 78.8 cm³/mol. The Kier molecular flexibility index (Phi) is 4.54. The second-order valence-electron chi connectivity index (χ2n) is 4.96. The summed E-state index contributed by atoms with van der Waals surface area (Å²) < 4.78 is 0. The molecular formula is C14H18N2O3S. The number of rotatable bonds is 4. The average molecular weight is 294 g/mol. The molecule has 1 fully saturated rings. The van der Waals surface area contributed by atoms with Crippen LogP contribution in [0.2, 0.25) is 0 Å². The van der Waals surface area contributed by atoms with Crippen LogP contribution in [0.15, 0.2) is 30.3 Å². The van der Waals surface area contributed by atoms with Crippen molar-refractivity contribution >= 4 is 23.8 Å². The van der Waals surface area contributed by atoms with Gasteiger partial charge in [0.05, 0.1) is 0 Å². The summed E-state index contributed by atoms with van der Waals surface area (Å²) in [6, 6.07) is 8.38. The number of hydrogen-bond donors (Lipinski definition) is 3. The third-order valence-corrected chi connectivity index (χ3v) is 4.57. The highest BCUT2D eigenvalue weighted by atomic mass is 32.2. The molecule has 2 amide bonds. The fourth-order valence-electron chi connectivity index (χ4n) is 2.12. The maximum atomic E-state index is 12.0. The number of carbonyl (C=O) groups excluding carboxylic acids is 1. The van der Waals surface area contributed by atoms with Crippen LogP contribution < -0.4 is 10.6 Å². The summed E-state index contributed by atoms with van der Waals surface area (Å²) >= 11 is 1.79. The van der Waals surface area contributed by atoms with Crippen molar-refractivity contribution in [3.8, 4) is 0 Å². The van der Waals surface area contributed by atoms with Crippen LogP contribution in [0.4, 0.5) is 4.79 Å². The zero-order valence-electron chi connectivity index (χ0n) is 11.3. The molecule has 0 radical (unpaired) electrons. The van der Waals surface area contributed by atoms with Gasteiger partial charge < -0.3 is 15.7 Å². The van der Waals surface area contributed by atoms with Gasteiger partial charge >= 0.3 is 12.0 Å². The van der Waals surface area contributed by atoms with Crippen LogP contribution in [0.5, 0.6) is 0 Å². The molecule has 0 spiro atoms. The number of amides is 2. The molecule has 6 heteroatoms. The number of aliphatic carboxylic acids is 1. The van der Waals surface area contributed by atoms with Gasteiger partial charge in [0, 0.05) is 11.8 Å². The number of nitrogens with one attached hydrogen (secondary N) is 2. The van der Waals surface area contributed by atoms with E-state index in [-0.39, 0.29) is 6.04 Å². The van der Waals surface area contributed by atoms with Gasteiger partial charge in [-0.05, 0) is 24.7 Å². The Morgan fingerprint density at radius 1 is 1.35 bits per heavy atom. The van der Waals surface area contributed by atoms with E-state index in [0.29, 0.717) is 5.56 Å². The minimum atomic E-state index is -1.43. The summed E-state index contributed by atoms with van der Waals surface area (Å²) in [5.41, 5.74) is -0.889. The molecule has 0 bridgehead atoms. The van der Waals surface area contributed by atoms with E-state index < -0.39 is 17.5 Å². The van der Waals surface area contributed by atoms with Crippen LogP contribution >= 0.6 is 11.8 Å². The second kappa shape index (κ2) is 6.17. The van der Waals surface area contributed by atoms with Gasteiger partial charge in [-0.3, -0.25) is 0 Å². The first-order valence-corrected chi connectivity index (χ1v) is 7.63. The monoisotopic (exact) mass is 294 g/mol. The highest BCUT2D eigenvalue weighted by molar-refractivity contribution is 7.99. The minimum Gasteiger partial charge on any atom is -0.479 e. The first-order valence-electron chi connectivity index (χ1n) is 6.48. The first-order chi connectivity index (χ1) is 9.52. The average Bonchev–Trinajstić information content (AvgIpc) is 2.92. The summed E-state index contributed by atoms with van der Waals surface area (Å²) in [5, 5.41) is 14.9. The molecule has 1 aliphatic heterocycles. The minimum absolute atomic E-state index is 0.119. The molecule has 1 aromatic carbocycles. The van der Waals surface area contributed by atoms with Crippen LogP contribution in [-0.4, -0.2) is 34.7 Å². The molecule has 2 rings (SSSR count). The lowest BCUT2D eigenvalue weighted by atomic mass is 9.92. The van der Waals surface area contributed by atoms with Gasteiger partial charge in [0.15, 0.2) is 5.54 Å². The van der Waals surface area contributed by atoms with Crippen LogP contribution in [0.25, 0.3) is 0 Å². The van der Waals surface area contributed by atoms with Gasteiger partial charge in [0.2, 0.25) is 0 Å². The molecule has 2 unspecified atom stereocenters. The maximum Gasteiger partial charge on any atom is 0.333 e. The van der Waals surface area contributed by atoms with E-state index in [1.165, 1.54) is 6.92 Å². The van der Waals surface area contributed by atoms with E-state index in [1.54, 1.807) is 36.0 Å². The van der Waals surface area contributed by atoms with E-state index in [2.05, 4.69) is 10.6 Å². The topological polar surface area (TPSA) is 78.4 Å². The van der Waals surface area contributed by atoms with E-state index in [0.717, 1.165) is 17.9 Å². The normalized spacial score (nSPS) is 20.9. The number of urea groups is 1. The highest BCUT2D eigenvalue weighted by Crippen LogP contribution is 2.21. The smallest absolute Gasteiger partial charge is 0.333 e. The van der Waals surface area contributed by atoms with Crippen molar-refractivity contribution in [2.75, 3.05) is 11.5 Å². The fraction of sp³-hybridized carbons (Fsp3) is 0.429.